The van der Waals surface area contributed by atoms with Crippen LogP contribution in [0.5, 0.6) is 5.75 Å². The Morgan fingerprint density at radius 1 is 1.00 bits per heavy atom. The summed E-state index contributed by atoms with van der Waals surface area (Å²) in [5.74, 6) is 0.765. The number of para-hydroxylation sites is 1. The number of anilines is 1. The summed E-state index contributed by atoms with van der Waals surface area (Å²) in [4.78, 5) is 0. The fourth-order valence-electron chi connectivity index (χ4n) is 3.29. The molecule has 0 radical (unpaired) electrons. The van der Waals surface area contributed by atoms with Gasteiger partial charge >= 0.3 is 0 Å². The number of fused-ring (bicyclic) bond motifs is 1. The second-order valence-corrected chi connectivity index (χ2v) is 7.84. The topological polar surface area (TPSA) is 64.6 Å². The monoisotopic (exact) mass is 345 g/mol. The van der Waals surface area contributed by atoms with Crippen LogP contribution in [0.3, 0.4) is 0 Å². The van der Waals surface area contributed by atoms with Crippen LogP contribution >= 0.6 is 0 Å². The van der Waals surface area contributed by atoms with Gasteiger partial charge in [-0.15, -0.1) is 0 Å². The molecule has 0 aromatic heterocycles. The lowest BCUT2D eigenvalue weighted by molar-refractivity contribution is 0.0853. The second kappa shape index (κ2) is 6.11. The molecule has 0 unspecified atom stereocenters. The van der Waals surface area contributed by atoms with Gasteiger partial charge in [0.1, 0.15) is 5.75 Å². The zero-order valence-corrected chi connectivity index (χ0v) is 14.0. The number of hydrogen-bond donors (Lipinski definition) is 1. The Labute approximate surface area is 141 Å². The average molecular weight is 345 g/mol. The largest absolute Gasteiger partial charge is 0.474 e. The molecule has 1 fully saturated rings. The molecule has 2 aliphatic rings. The third-order valence-electron chi connectivity index (χ3n) is 4.57. The van der Waals surface area contributed by atoms with E-state index in [0.717, 1.165) is 37.2 Å². The van der Waals surface area contributed by atoms with Gasteiger partial charge in [0, 0.05) is 18.8 Å². The lowest BCUT2D eigenvalue weighted by Crippen LogP contribution is -2.25. The molecule has 2 aromatic rings. The Balaban J connectivity index is 1.67. The van der Waals surface area contributed by atoms with Crippen molar-refractivity contribution in [2.24, 2.45) is 0 Å². The molecular formula is C18H19NO4S. The van der Waals surface area contributed by atoms with Crippen LogP contribution in [-0.4, -0.2) is 27.6 Å². The normalized spacial score (nSPS) is 19.8. The van der Waals surface area contributed by atoms with E-state index in [1.54, 1.807) is 6.07 Å². The van der Waals surface area contributed by atoms with Gasteiger partial charge in [-0.1, -0.05) is 36.4 Å². The van der Waals surface area contributed by atoms with Crippen LogP contribution < -0.4 is 9.46 Å². The summed E-state index contributed by atoms with van der Waals surface area (Å²) in [6.45, 7) is 1.63. The van der Waals surface area contributed by atoms with Gasteiger partial charge < -0.3 is 9.47 Å². The first-order valence-electron chi connectivity index (χ1n) is 8.07. The van der Waals surface area contributed by atoms with Crippen LogP contribution in [0.15, 0.2) is 42.5 Å². The fourth-order valence-corrected chi connectivity index (χ4v) is 4.15. The molecule has 0 saturated carbocycles. The zero-order valence-electron chi connectivity index (χ0n) is 13.2. The minimum absolute atomic E-state index is 0.341. The van der Waals surface area contributed by atoms with Crippen molar-refractivity contribution < 1.29 is 17.9 Å². The maximum atomic E-state index is 11.8. The van der Waals surface area contributed by atoms with Gasteiger partial charge in [0.25, 0.3) is 10.0 Å². The van der Waals surface area contributed by atoms with Gasteiger partial charge in [-0.05, 0) is 36.0 Å². The molecule has 0 spiro atoms. The van der Waals surface area contributed by atoms with Gasteiger partial charge in [-0.2, -0.15) is 0 Å². The van der Waals surface area contributed by atoms with E-state index in [2.05, 4.69) is 16.9 Å². The first-order chi connectivity index (χ1) is 11.6. The highest BCUT2D eigenvalue weighted by molar-refractivity contribution is 7.92. The molecule has 24 heavy (non-hydrogen) atoms. The second-order valence-electron chi connectivity index (χ2n) is 6.17. The lowest BCUT2D eigenvalue weighted by atomic mass is 9.90. The van der Waals surface area contributed by atoms with Crippen molar-refractivity contribution in [3.8, 4) is 16.9 Å². The summed E-state index contributed by atoms with van der Waals surface area (Å²) in [5, 5.41) is 0. The molecule has 5 nitrogen and oxygen atoms in total. The summed E-state index contributed by atoms with van der Waals surface area (Å²) < 4.78 is 37.0. The van der Waals surface area contributed by atoms with Crippen LogP contribution in [0, 0.1) is 0 Å². The van der Waals surface area contributed by atoms with Crippen LogP contribution in [0.2, 0.25) is 0 Å². The summed E-state index contributed by atoms with van der Waals surface area (Å²) in [7, 11) is -3.44. The average Bonchev–Trinajstić information content (AvgIpc) is 2.61. The highest BCUT2D eigenvalue weighted by Crippen LogP contribution is 2.39. The van der Waals surface area contributed by atoms with Crippen molar-refractivity contribution in [3.05, 3.63) is 48.0 Å². The highest BCUT2D eigenvalue weighted by Gasteiger charge is 2.24. The maximum Gasteiger partial charge on any atom is 0.268 e. The summed E-state index contributed by atoms with van der Waals surface area (Å²) >= 11 is 0. The first-order valence-corrected chi connectivity index (χ1v) is 9.72. The van der Waals surface area contributed by atoms with Gasteiger partial charge in [0.15, 0.2) is 0 Å². The third-order valence-corrected chi connectivity index (χ3v) is 5.51. The molecule has 0 atom stereocenters. The molecule has 126 valence electrons. The van der Waals surface area contributed by atoms with Gasteiger partial charge in [0.2, 0.25) is 5.94 Å². The molecule has 1 N–H and O–H groups in total. The fraction of sp³-hybridized carbons (Fsp3) is 0.333. The van der Waals surface area contributed by atoms with Gasteiger partial charge in [0.05, 0.1) is 5.69 Å². The zero-order chi connectivity index (χ0) is 16.6. The Bertz CT molecular complexity index is 840. The van der Waals surface area contributed by atoms with Crippen molar-refractivity contribution in [3.63, 3.8) is 0 Å². The number of nitrogens with one attached hydrogen (secondary N) is 1. The molecule has 2 aliphatic heterocycles. The molecule has 0 aliphatic carbocycles. The van der Waals surface area contributed by atoms with E-state index in [1.165, 1.54) is 5.56 Å². The smallest absolute Gasteiger partial charge is 0.268 e. The summed E-state index contributed by atoms with van der Waals surface area (Å²) in [5.41, 5.74) is 3.62. The van der Waals surface area contributed by atoms with E-state index in [0.29, 0.717) is 17.4 Å². The molecule has 0 amide bonds. The van der Waals surface area contributed by atoms with E-state index >= 15 is 0 Å². The third kappa shape index (κ3) is 2.99. The number of benzene rings is 2. The van der Waals surface area contributed by atoms with Crippen LogP contribution in [0.25, 0.3) is 11.1 Å². The lowest BCUT2D eigenvalue weighted by Gasteiger charge is -2.23. The van der Waals surface area contributed by atoms with Crippen molar-refractivity contribution in [1.29, 1.82) is 0 Å². The predicted octanol–water partition coefficient (Wildman–Crippen LogP) is 3.34. The van der Waals surface area contributed by atoms with Crippen LogP contribution in [0.1, 0.15) is 24.3 Å². The molecule has 2 aromatic carbocycles. The maximum absolute atomic E-state index is 11.8. The van der Waals surface area contributed by atoms with E-state index < -0.39 is 10.0 Å². The summed E-state index contributed by atoms with van der Waals surface area (Å²) in [6, 6.07) is 13.9. The van der Waals surface area contributed by atoms with E-state index in [-0.39, 0.29) is 5.94 Å². The van der Waals surface area contributed by atoms with Gasteiger partial charge in [-0.3, -0.25) is 4.72 Å². The van der Waals surface area contributed by atoms with Crippen LogP contribution in [-0.2, 0) is 14.8 Å². The standard InChI is InChI=1S/C18H19NO4S/c20-24(21)12-23-17-3-1-2-16(18(17)19-24)15-6-4-13(5-7-15)14-8-10-22-11-9-14/h1-7,14,19H,8-12H2. The quantitative estimate of drug-likeness (QED) is 0.907. The molecule has 6 heteroatoms. The summed E-state index contributed by atoms with van der Waals surface area (Å²) in [6.07, 6.45) is 2.10. The Hall–Kier alpha value is -2.05. The Morgan fingerprint density at radius 2 is 1.75 bits per heavy atom. The van der Waals surface area contributed by atoms with Crippen molar-refractivity contribution >= 4 is 15.7 Å². The Kier molecular flexibility index (Phi) is 3.94. The van der Waals surface area contributed by atoms with Crippen LogP contribution in [0.4, 0.5) is 5.69 Å². The number of ether oxygens (including phenoxy) is 2. The number of hydrogen-bond acceptors (Lipinski definition) is 4. The minimum Gasteiger partial charge on any atom is -0.474 e. The molecule has 1 saturated heterocycles. The van der Waals surface area contributed by atoms with Crippen molar-refractivity contribution in [2.45, 2.75) is 18.8 Å². The SMILES string of the molecule is O=S1(=O)COc2cccc(-c3ccc(C4CCOCC4)cc3)c2N1. The van der Waals surface area contributed by atoms with Gasteiger partial charge in [-0.25, -0.2) is 8.42 Å². The van der Waals surface area contributed by atoms with E-state index in [9.17, 15) is 8.42 Å². The van der Waals surface area contributed by atoms with Crippen molar-refractivity contribution in [1.82, 2.24) is 0 Å². The number of sulfonamides is 1. The molecule has 4 rings (SSSR count). The highest BCUT2D eigenvalue weighted by atomic mass is 32.2. The molecule has 0 bridgehead atoms. The minimum atomic E-state index is -3.44. The Morgan fingerprint density at radius 3 is 2.50 bits per heavy atom. The first kappa shape index (κ1) is 15.5. The molecular weight excluding hydrogens is 326 g/mol. The van der Waals surface area contributed by atoms with E-state index in [1.807, 2.05) is 24.3 Å². The van der Waals surface area contributed by atoms with E-state index in [4.69, 9.17) is 9.47 Å². The predicted molar refractivity (Wildman–Crippen MR) is 92.7 cm³/mol. The van der Waals surface area contributed by atoms with Crippen molar-refractivity contribution in [2.75, 3.05) is 23.9 Å². The molecule has 2 heterocycles. The number of rotatable bonds is 2.